The smallest absolute Gasteiger partial charge is 0.222 e. The molecule has 146 valence electrons. The number of nitrogens with one attached hydrogen (secondary N) is 2. The van der Waals surface area contributed by atoms with Crippen LogP contribution in [0, 0.1) is 0 Å². The largest absolute Gasteiger partial charge is 0.357 e. The highest BCUT2D eigenvalue weighted by Crippen LogP contribution is 2.16. The molecular weight excluding hydrogens is 453 g/mol. The van der Waals surface area contributed by atoms with Crippen LogP contribution >= 0.6 is 24.0 Å². The first-order chi connectivity index (χ1) is 12.8. The lowest BCUT2D eigenvalue weighted by Gasteiger charge is -2.16. The van der Waals surface area contributed by atoms with Gasteiger partial charge in [-0.3, -0.25) is 9.78 Å². The number of guanidine groups is 1. The summed E-state index contributed by atoms with van der Waals surface area (Å²) >= 11 is 0. The summed E-state index contributed by atoms with van der Waals surface area (Å²) in [6.07, 6.45) is 4.44. The number of nitrogens with zero attached hydrogens (tertiary/aromatic N) is 3. The summed E-state index contributed by atoms with van der Waals surface area (Å²) in [7, 11) is 0. The predicted molar refractivity (Wildman–Crippen MR) is 120 cm³/mol. The van der Waals surface area contributed by atoms with Crippen molar-refractivity contribution in [3.05, 3.63) is 42.1 Å². The summed E-state index contributed by atoms with van der Waals surface area (Å²) in [5.41, 5.74) is 2.12. The van der Waals surface area contributed by atoms with Crippen molar-refractivity contribution in [3.63, 3.8) is 0 Å². The molecule has 0 unspecified atom stereocenters. The first kappa shape index (κ1) is 21.4. The number of carbonyl (C=O) groups excluding carboxylic acids is 1. The van der Waals surface area contributed by atoms with Crippen molar-refractivity contribution in [1.82, 2.24) is 20.5 Å². The third-order valence-electron chi connectivity index (χ3n) is 4.54. The molecule has 2 aromatic rings. The van der Waals surface area contributed by atoms with Crippen molar-refractivity contribution in [2.24, 2.45) is 4.99 Å². The number of hydrogen-bond acceptors (Lipinski definition) is 3. The molecule has 0 aliphatic carbocycles. The number of pyridine rings is 1. The number of fused-ring (bicyclic) bond motifs is 1. The van der Waals surface area contributed by atoms with Gasteiger partial charge in [0.15, 0.2) is 5.96 Å². The number of likely N-dealkylation sites (tertiary alicyclic amines) is 1. The molecule has 2 N–H and O–H groups in total. The van der Waals surface area contributed by atoms with Crippen molar-refractivity contribution < 1.29 is 4.79 Å². The summed E-state index contributed by atoms with van der Waals surface area (Å²) in [6.45, 7) is 5.96. The molecule has 27 heavy (non-hydrogen) atoms. The zero-order valence-corrected chi connectivity index (χ0v) is 18.1. The van der Waals surface area contributed by atoms with Gasteiger partial charge in [-0.2, -0.15) is 0 Å². The highest BCUT2D eigenvalue weighted by atomic mass is 127. The van der Waals surface area contributed by atoms with Crippen LogP contribution in [0.15, 0.2) is 41.5 Å². The predicted octanol–water partition coefficient (Wildman–Crippen LogP) is 2.92. The molecule has 0 saturated carbocycles. The number of para-hydroxylation sites is 1. The highest BCUT2D eigenvalue weighted by Gasteiger charge is 2.18. The molecule has 0 bridgehead atoms. The fourth-order valence-corrected chi connectivity index (χ4v) is 3.22. The second-order valence-corrected chi connectivity index (χ2v) is 6.45. The molecule has 1 saturated heterocycles. The normalized spacial score (nSPS) is 14.3. The number of aromatic nitrogens is 1. The summed E-state index contributed by atoms with van der Waals surface area (Å²) in [4.78, 5) is 22.8. The van der Waals surface area contributed by atoms with Gasteiger partial charge in [-0.15, -0.1) is 24.0 Å². The molecule has 1 aromatic heterocycles. The summed E-state index contributed by atoms with van der Waals surface area (Å²) in [6, 6.07) is 10.2. The van der Waals surface area contributed by atoms with Crippen molar-refractivity contribution in [3.8, 4) is 0 Å². The van der Waals surface area contributed by atoms with E-state index < -0.39 is 0 Å². The molecule has 7 heteroatoms. The number of aliphatic imine (C=N–C) groups is 1. The van der Waals surface area contributed by atoms with Gasteiger partial charge in [0.2, 0.25) is 5.91 Å². The second-order valence-electron chi connectivity index (χ2n) is 6.45. The summed E-state index contributed by atoms with van der Waals surface area (Å²) < 4.78 is 0. The van der Waals surface area contributed by atoms with Crippen LogP contribution < -0.4 is 10.6 Å². The van der Waals surface area contributed by atoms with Gasteiger partial charge in [-0.05, 0) is 31.4 Å². The van der Waals surface area contributed by atoms with Gasteiger partial charge in [0.1, 0.15) is 0 Å². The lowest BCUT2D eigenvalue weighted by molar-refractivity contribution is -0.127. The first-order valence-electron chi connectivity index (χ1n) is 9.40. The second kappa shape index (κ2) is 11.1. The number of rotatable bonds is 7. The Morgan fingerprint density at radius 3 is 2.89 bits per heavy atom. The van der Waals surface area contributed by atoms with Crippen LogP contribution in [0.5, 0.6) is 0 Å². The maximum absolute atomic E-state index is 11.6. The Labute approximate surface area is 177 Å². The van der Waals surface area contributed by atoms with Gasteiger partial charge >= 0.3 is 0 Å². The fraction of sp³-hybridized carbons (Fsp3) is 0.450. The third-order valence-corrected chi connectivity index (χ3v) is 4.54. The van der Waals surface area contributed by atoms with Crippen LogP contribution in [0.1, 0.15) is 31.7 Å². The van der Waals surface area contributed by atoms with E-state index in [0.29, 0.717) is 13.0 Å². The topological polar surface area (TPSA) is 69.6 Å². The van der Waals surface area contributed by atoms with Gasteiger partial charge in [0.25, 0.3) is 0 Å². The Balaban J connectivity index is 0.00000261. The Kier molecular flexibility index (Phi) is 8.77. The molecule has 0 radical (unpaired) electrons. The first-order valence-corrected chi connectivity index (χ1v) is 9.40. The van der Waals surface area contributed by atoms with Gasteiger partial charge < -0.3 is 15.5 Å². The Hall–Kier alpha value is -1.90. The third kappa shape index (κ3) is 6.05. The van der Waals surface area contributed by atoms with E-state index in [2.05, 4.69) is 40.7 Å². The molecule has 1 aliphatic rings. The average molecular weight is 481 g/mol. The SMILES string of the molecule is CCNC(=NCc1cccc2cccnc12)NCCCN1CCCC1=O.I. The molecule has 1 aromatic carbocycles. The Bertz CT molecular complexity index is 775. The minimum atomic E-state index is 0. The van der Waals surface area contributed by atoms with Crippen LogP contribution in [-0.2, 0) is 11.3 Å². The zero-order chi connectivity index (χ0) is 18.2. The van der Waals surface area contributed by atoms with Crippen LogP contribution in [0.3, 0.4) is 0 Å². The van der Waals surface area contributed by atoms with Gasteiger partial charge in [0.05, 0.1) is 12.1 Å². The van der Waals surface area contributed by atoms with Crippen molar-refractivity contribution >= 4 is 46.7 Å². The maximum Gasteiger partial charge on any atom is 0.222 e. The fourth-order valence-electron chi connectivity index (χ4n) is 3.22. The highest BCUT2D eigenvalue weighted by molar-refractivity contribution is 14.0. The molecule has 1 amide bonds. The van der Waals surface area contributed by atoms with Gasteiger partial charge in [0, 0.05) is 44.2 Å². The van der Waals surface area contributed by atoms with Gasteiger partial charge in [-0.1, -0.05) is 24.3 Å². The van der Waals surface area contributed by atoms with Crippen molar-refractivity contribution in [1.29, 1.82) is 0 Å². The van der Waals surface area contributed by atoms with Gasteiger partial charge in [-0.25, -0.2) is 4.99 Å². The molecule has 0 atom stereocenters. The Morgan fingerprint density at radius 1 is 1.26 bits per heavy atom. The van der Waals surface area contributed by atoms with Crippen LogP contribution in [0.4, 0.5) is 0 Å². The average Bonchev–Trinajstić information content (AvgIpc) is 3.08. The maximum atomic E-state index is 11.6. The van der Waals surface area contributed by atoms with E-state index in [4.69, 9.17) is 4.99 Å². The Morgan fingerprint density at radius 2 is 2.11 bits per heavy atom. The standard InChI is InChI=1S/C20H27N5O.HI/c1-2-21-20(23-12-6-14-25-13-5-10-18(25)26)24-15-17-8-3-7-16-9-4-11-22-19(16)17;/h3-4,7-9,11H,2,5-6,10,12-15H2,1H3,(H2,21,23,24);1H. The van der Waals surface area contributed by atoms with E-state index in [0.717, 1.165) is 61.4 Å². The molecule has 6 nitrogen and oxygen atoms in total. The number of amides is 1. The van der Waals surface area contributed by atoms with E-state index in [9.17, 15) is 4.79 Å². The van der Waals surface area contributed by atoms with E-state index >= 15 is 0 Å². The molecule has 3 rings (SSSR count). The van der Waals surface area contributed by atoms with E-state index in [-0.39, 0.29) is 29.9 Å². The number of carbonyl (C=O) groups is 1. The quantitative estimate of drug-likeness (QED) is 0.276. The van der Waals surface area contributed by atoms with E-state index in [1.54, 1.807) is 0 Å². The molecule has 1 aliphatic heterocycles. The summed E-state index contributed by atoms with van der Waals surface area (Å²) in [5, 5.41) is 7.77. The minimum absolute atomic E-state index is 0. The van der Waals surface area contributed by atoms with Crippen molar-refractivity contribution in [2.75, 3.05) is 26.2 Å². The number of benzene rings is 1. The minimum Gasteiger partial charge on any atom is -0.357 e. The lowest BCUT2D eigenvalue weighted by Crippen LogP contribution is -2.39. The van der Waals surface area contributed by atoms with E-state index in [1.165, 1.54) is 0 Å². The molecular formula is C20H28IN5O. The van der Waals surface area contributed by atoms with Crippen LogP contribution in [0.25, 0.3) is 10.9 Å². The summed E-state index contributed by atoms with van der Waals surface area (Å²) in [5.74, 6) is 1.09. The van der Waals surface area contributed by atoms with E-state index in [1.807, 2.05) is 23.2 Å². The number of hydrogen-bond donors (Lipinski definition) is 2. The monoisotopic (exact) mass is 481 g/mol. The van der Waals surface area contributed by atoms with Crippen molar-refractivity contribution in [2.45, 2.75) is 32.7 Å². The van der Waals surface area contributed by atoms with Crippen LogP contribution in [-0.4, -0.2) is 47.9 Å². The molecule has 0 spiro atoms. The molecule has 1 fully saturated rings. The molecule has 2 heterocycles. The zero-order valence-electron chi connectivity index (χ0n) is 15.8. The lowest BCUT2D eigenvalue weighted by atomic mass is 10.1. The van der Waals surface area contributed by atoms with Crippen LogP contribution in [0.2, 0.25) is 0 Å². The number of halogens is 1.